The molecule has 1 aromatic heterocycles. The lowest BCUT2D eigenvalue weighted by Crippen LogP contribution is -2.35. The molecule has 1 fully saturated rings. The van der Waals surface area contributed by atoms with Gasteiger partial charge in [0.1, 0.15) is 0 Å². The Hall–Kier alpha value is -3.54. The summed E-state index contributed by atoms with van der Waals surface area (Å²) in [5.74, 6) is 0.447. The van der Waals surface area contributed by atoms with Gasteiger partial charge in [0.25, 0.3) is 11.8 Å². The second-order valence-corrected chi connectivity index (χ2v) is 8.32. The highest BCUT2D eigenvalue weighted by Gasteiger charge is 2.22. The quantitative estimate of drug-likeness (QED) is 0.567. The Bertz CT molecular complexity index is 1040. The Balaban J connectivity index is 1.51. The molecule has 6 nitrogen and oxygen atoms in total. The number of nitrogens with zero attached hydrogens (tertiary/aromatic N) is 1. The van der Waals surface area contributed by atoms with Gasteiger partial charge in [0, 0.05) is 31.0 Å². The first-order valence-corrected chi connectivity index (χ1v) is 11.2. The average Bonchev–Trinajstić information content (AvgIpc) is 3.36. The summed E-state index contributed by atoms with van der Waals surface area (Å²) in [6, 6.07) is 18.9. The van der Waals surface area contributed by atoms with E-state index in [0.717, 1.165) is 38.0 Å². The molecule has 6 heteroatoms. The van der Waals surface area contributed by atoms with Crippen LogP contribution >= 0.6 is 0 Å². The van der Waals surface area contributed by atoms with Crippen LogP contribution in [0.3, 0.4) is 0 Å². The maximum absolute atomic E-state index is 13.2. The highest BCUT2D eigenvalue weighted by Crippen LogP contribution is 2.29. The predicted octanol–water partition coefficient (Wildman–Crippen LogP) is 4.74. The zero-order valence-electron chi connectivity index (χ0n) is 18.3. The number of amides is 2. The van der Waals surface area contributed by atoms with Gasteiger partial charge in [0.15, 0.2) is 5.76 Å². The number of piperidine rings is 1. The van der Waals surface area contributed by atoms with E-state index in [1.54, 1.807) is 18.2 Å². The van der Waals surface area contributed by atoms with Crippen molar-refractivity contribution in [1.29, 1.82) is 0 Å². The number of benzene rings is 2. The molecule has 1 aliphatic rings. The number of hydrogen-bond donors (Lipinski definition) is 2. The average molecular weight is 432 g/mol. The number of nitrogens with one attached hydrogen (secondary N) is 2. The molecule has 0 radical (unpaired) electrons. The van der Waals surface area contributed by atoms with Crippen LogP contribution in [0.25, 0.3) is 0 Å². The smallest absolute Gasteiger partial charge is 0.291 e. The van der Waals surface area contributed by atoms with Gasteiger partial charge in [-0.3, -0.25) is 9.59 Å². The standard InChI is InChI=1S/C26H29N3O3/c1-19-12-15-29(16-13-19)23-10-9-21(28-26(31)24-8-5-17-32-24)18-22(23)25(30)27-14-11-20-6-3-2-4-7-20/h2-10,17-19H,11-16H2,1H3,(H,27,30)(H,28,31). The van der Waals surface area contributed by atoms with Gasteiger partial charge in [-0.15, -0.1) is 0 Å². The molecule has 3 aromatic rings. The summed E-state index contributed by atoms with van der Waals surface area (Å²) in [6.45, 7) is 4.65. The molecule has 4 rings (SSSR count). The monoisotopic (exact) mass is 431 g/mol. The van der Waals surface area contributed by atoms with E-state index in [0.29, 0.717) is 23.7 Å². The third kappa shape index (κ3) is 5.38. The Kier molecular flexibility index (Phi) is 6.90. The molecule has 0 aliphatic carbocycles. The van der Waals surface area contributed by atoms with E-state index in [1.165, 1.54) is 11.8 Å². The lowest BCUT2D eigenvalue weighted by molar-refractivity contribution is 0.0952. The fraction of sp³-hybridized carbons (Fsp3) is 0.308. The molecule has 32 heavy (non-hydrogen) atoms. The Labute approximate surface area is 188 Å². The summed E-state index contributed by atoms with van der Waals surface area (Å²) in [4.78, 5) is 27.8. The first-order chi connectivity index (χ1) is 15.6. The lowest BCUT2D eigenvalue weighted by Gasteiger charge is -2.33. The summed E-state index contributed by atoms with van der Waals surface area (Å²) in [7, 11) is 0. The van der Waals surface area contributed by atoms with Crippen LogP contribution in [0.2, 0.25) is 0 Å². The maximum atomic E-state index is 13.2. The molecule has 2 amide bonds. The normalized spacial score (nSPS) is 14.2. The van der Waals surface area contributed by atoms with Gasteiger partial charge in [-0.25, -0.2) is 0 Å². The van der Waals surface area contributed by atoms with Crippen LogP contribution in [-0.2, 0) is 6.42 Å². The zero-order chi connectivity index (χ0) is 22.3. The van der Waals surface area contributed by atoms with Gasteiger partial charge in [0.2, 0.25) is 0 Å². The second kappa shape index (κ2) is 10.2. The van der Waals surface area contributed by atoms with Crippen molar-refractivity contribution in [2.45, 2.75) is 26.2 Å². The minimum Gasteiger partial charge on any atom is -0.459 e. The van der Waals surface area contributed by atoms with Crippen molar-refractivity contribution >= 4 is 23.2 Å². The van der Waals surface area contributed by atoms with E-state index >= 15 is 0 Å². The van der Waals surface area contributed by atoms with Crippen LogP contribution in [0.15, 0.2) is 71.3 Å². The molecule has 1 saturated heterocycles. The van der Waals surface area contributed by atoms with Crippen LogP contribution in [0.4, 0.5) is 11.4 Å². The van der Waals surface area contributed by atoms with Crippen molar-refractivity contribution in [2.75, 3.05) is 29.9 Å². The minimum absolute atomic E-state index is 0.136. The molecule has 2 aromatic carbocycles. The molecular formula is C26H29N3O3. The van der Waals surface area contributed by atoms with Gasteiger partial charge >= 0.3 is 0 Å². The first kappa shape index (κ1) is 21.7. The summed E-state index contributed by atoms with van der Waals surface area (Å²) < 4.78 is 5.17. The number of furan rings is 1. The Morgan fingerprint density at radius 3 is 2.50 bits per heavy atom. The molecule has 0 bridgehead atoms. The summed E-state index contributed by atoms with van der Waals surface area (Å²) in [6.07, 6.45) is 4.43. The zero-order valence-corrected chi connectivity index (χ0v) is 18.3. The van der Waals surface area contributed by atoms with Crippen LogP contribution in [0, 0.1) is 5.92 Å². The topological polar surface area (TPSA) is 74.6 Å². The molecule has 2 heterocycles. The van der Waals surface area contributed by atoms with Gasteiger partial charge < -0.3 is 20.0 Å². The molecule has 0 unspecified atom stereocenters. The van der Waals surface area contributed by atoms with Crippen LogP contribution in [-0.4, -0.2) is 31.4 Å². The minimum atomic E-state index is -0.343. The number of rotatable bonds is 7. The second-order valence-electron chi connectivity index (χ2n) is 8.32. The number of hydrogen-bond acceptors (Lipinski definition) is 4. The van der Waals surface area contributed by atoms with E-state index in [4.69, 9.17) is 4.42 Å². The third-order valence-electron chi connectivity index (χ3n) is 5.91. The summed E-state index contributed by atoms with van der Waals surface area (Å²) in [5.41, 5.74) is 3.22. The first-order valence-electron chi connectivity index (χ1n) is 11.2. The van der Waals surface area contributed by atoms with Crippen LogP contribution in [0.1, 0.15) is 46.2 Å². The Morgan fingerprint density at radius 2 is 1.78 bits per heavy atom. The van der Waals surface area contributed by atoms with Crippen molar-refractivity contribution < 1.29 is 14.0 Å². The van der Waals surface area contributed by atoms with Gasteiger partial charge in [-0.1, -0.05) is 37.3 Å². The van der Waals surface area contributed by atoms with Gasteiger partial charge in [-0.05, 0) is 61.1 Å². The van der Waals surface area contributed by atoms with Gasteiger partial charge in [0.05, 0.1) is 11.8 Å². The van der Waals surface area contributed by atoms with Crippen molar-refractivity contribution in [3.05, 3.63) is 83.8 Å². The van der Waals surface area contributed by atoms with Crippen molar-refractivity contribution in [3.8, 4) is 0 Å². The van der Waals surface area contributed by atoms with Crippen molar-refractivity contribution in [2.24, 2.45) is 5.92 Å². The van der Waals surface area contributed by atoms with Crippen LogP contribution in [0.5, 0.6) is 0 Å². The fourth-order valence-electron chi connectivity index (χ4n) is 3.98. The van der Waals surface area contributed by atoms with E-state index in [2.05, 4.69) is 34.6 Å². The number of carbonyl (C=O) groups excluding carboxylic acids is 2. The number of anilines is 2. The third-order valence-corrected chi connectivity index (χ3v) is 5.91. The molecular weight excluding hydrogens is 402 g/mol. The molecule has 0 spiro atoms. The highest BCUT2D eigenvalue weighted by atomic mass is 16.3. The Morgan fingerprint density at radius 1 is 1.00 bits per heavy atom. The summed E-state index contributed by atoms with van der Waals surface area (Å²) >= 11 is 0. The molecule has 0 saturated carbocycles. The molecule has 1 aliphatic heterocycles. The van der Waals surface area contributed by atoms with Crippen LogP contribution < -0.4 is 15.5 Å². The van der Waals surface area contributed by atoms with E-state index < -0.39 is 0 Å². The van der Waals surface area contributed by atoms with E-state index in [-0.39, 0.29) is 17.6 Å². The van der Waals surface area contributed by atoms with E-state index in [1.807, 2.05) is 30.3 Å². The van der Waals surface area contributed by atoms with E-state index in [9.17, 15) is 9.59 Å². The molecule has 2 N–H and O–H groups in total. The van der Waals surface area contributed by atoms with Crippen molar-refractivity contribution in [1.82, 2.24) is 5.32 Å². The van der Waals surface area contributed by atoms with Gasteiger partial charge in [-0.2, -0.15) is 0 Å². The number of carbonyl (C=O) groups is 2. The lowest BCUT2D eigenvalue weighted by atomic mass is 9.97. The summed E-state index contributed by atoms with van der Waals surface area (Å²) in [5, 5.41) is 5.87. The molecule has 166 valence electrons. The maximum Gasteiger partial charge on any atom is 0.291 e. The molecule has 0 atom stereocenters. The highest BCUT2D eigenvalue weighted by molar-refractivity contribution is 6.05. The largest absolute Gasteiger partial charge is 0.459 e. The fourth-order valence-corrected chi connectivity index (χ4v) is 3.98. The predicted molar refractivity (Wildman–Crippen MR) is 126 cm³/mol. The SMILES string of the molecule is CC1CCN(c2ccc(NC(=O)c3ccco3)cc2C(=O)NCCc2ccccc2)CC1. The van der Waals surface area contributed by atoms with Crippen molar-refractivity contribution in [3.63, 3.8) is 0 Å².